The smallest absolute Gasteiger partial charge is 0.246 e. The largest absolute Gasteiger partial charge is 0.494 e. The summed E-state index contributed by atoms with van der Waals surface area (Å²) in [6, 6.07) is 7.35. The molecule has 0 unspecified atom stereocenters. The lowest BCUT2D eigenvalue weighted by Gasteiger charge is -2.27. The first kappa shape index (κ1) is 11.4. The van der Waals surface area contributed by atoms with E-state index in [2.05, 4.69) is 5.32 Å². The fourth-order valence-corrected chi connectivity index (χ4v) is 1.74. The fraction of sp³-hybridized carbons (Fsp3) is 0.333. The van der Waals surface area contributed by atoms with Gasteiger partial charge < -0.3 is 9.64 Å². The van der Waals surface area contributed by atoms with Gasteiger partial charge >= 0.3 is 0 Å². The third-order valence-electron chi connectivity index (χ3n) is 2.46. The molecule has 1 N–H and O–H groups in total. The van der Waals surface area contributed by atoms with Gasteiger partial charge in [-0.3, -0.25) is 14.9 Å². The Kier molecular flexibility index (Phi) is 3.27. The standard InChI is InChI=1S/C12H14N2O3/c1-2-17-10-5-3-9(4-6-10)14-7-11(15)13-12(16)8-14/h3-6H,2,7-8H2,1H3,(H,13,15,16). The van der Waals surface area contributed by atoms with Crippen molar-refractivity contribution in [3.05, 3.63) is 24.3 Å². The Labute approximate surface area is 99.4 Å². The van der Waals surface area contributed by atoms with E-state index >= 15 is 0 Å². The Balaban J connectivity index is 2.11. The van der Waals surface area contributed by atoms with Crippen LogP contribution in [-0.2, 0) is 9.59 Å². The number of nitrogens with zero attached hydrogens (tertiary/aromatic N) is 1. The van der Waals surface area contributed by atoms with Crippen LogP contribution in [0.15, 0.2) is 24.3 Å². The van der Waals surface area contributed by atoms with Crippen molar-refractivity contribution in [2.45, 2.75) is 6.92 Å². The number of rotatable bonds is 3. The molecule has 0 aromatic heterocycles. The maximum absolute atomic E-state index is 11.2. The molecule has 1 saturated heterocycles. The Morgan fingerprint density at radius 1 is 1.18 bits per heavy atom. The first-order valence-electron chi connectivity index (χ1n) is 5.49. The summed E-state index contributed by atoms with van der Waals surface area (Å²) in [6.45, 7) is 2.95. The second kappa shape index (κ2) is 4.86. The van der Waals surface area contributed by atoms with E-state index in [0.29, 0.717) is 6.61 Å². The topological polar surface area (TPSA) is 58.6 Å². The van der Waals surface area contributed by atoms with Crippen molar-refractivity contribution in [2.24, 2.45) is 0 Å². The molecule has 2 rings (SSSR count). The normalized spacial score (nSPS) is 15.7. The van der Waals surface area contributed by atoms with Crippen molar-refractivity contribution < 1.29 is 14.3 Å². The van der Waals surface area contributed by atoms with E-state index in [1.807, 2.05) is 31.2 Å². The number of amides is 2. The lowest BCUT2D eigenvalue weighted by Crippen LogP contribution is -2.51. The number of benzene rings is 1. The summed E-state index contributed by atoms with van der Waals surface area (Å²) in [6.07, 6.45) is 0. The zero-order chi connectivity index (χ0) is 12.3. The zero-order valence-corrected chi connectivity index (χ0v) is 9.60. The molecule has 0 spiro atoms. The number of ether oxygens (including phenoxy) is 1. The number of hydrogen-bond donors (Lipinski definition) is 1. The predicted octanol–water partition coefficient (Wildman–Crippen LogP) is 0.548. The molecular weight excluding hydrogens is 220 g/mol. The molecule has 0 radical (unpaired) electrons. The van der Waals surface area contributed by atoms with E-state index in [4.69, 9.17) is 4.74 Å². The van der Waals surface area contributed by atoms with Crippen molar-refractivity contribution in [3.8, 4) is 5.75 Å². The number of carbonyl (C=O) groups excluding carboxylic acids is 2. The number of hydrogen-bond acceptors (Lipinski definition) is 4. The predicted molar refractivity (Wildman–Crippen MR) is 63.0 cm³/mol. The van der Waals surface area contributed by atoms with Crippen molar-refractivity contribution in [2.75, 3.05) is 24.6 Å². The van der Waals surface area contributed by atoms with Gasteiger partial charge in [0.1, 0.15) is 5.75 Å². The molecule has 1 aromatic rings. The molecule has 5 heteroatoms. The van der Waals surface area contributed by atoms with Crippen LogP contribution in [0.1, 0.15) is 6.92 Å². The van der Waals surface area contributed by atoms with E-state index < -0.39 is 0 Å². The third kappa shape index (κ3) is 2.75. The maximum atomic E-state index is 11.2. The summed E-state index contributed by atoms with van der Waals surface area (Å²) in [5.74, 6) is 0.245. The Morgan fingerprint density at radius 2 is 1.76 bits per heavy atom. The summed E-state index contributed by atoms with van der Waals surface area (Å²) in [5.41, 5.74) is 0.844. The van der Waals surface area contributed by atoms with Crippen molar-refractivity contribution in [1.82, 2.24) is 5.32 Å². The quantitative estimate of drug-likeness (QED) is 0.776. The lowest BCUT2D eigenvalue weighted by atomic mass is 10.2. The van der Waals surface area contributed by atoms with Crippen LogP contribution < -0.4 is 15.0 Å². The van der Waals surface area contributed by atoms with Gasteiger partial charge in [0.25, 0.3) is 0 Å². The molecule has 0 saturated carbocycles. The highest BCUT2D eigenvalue weighted by molar-refractivity contribution is 6.02. The number of piperazine rings is 1. The van der Waals surface area contributed by atoms with Gasteiger partial charge in [0, 0.05) is 5.69 Å². The van der Waals surface area contributed by atoms with Gasteiger partial charge in [0.15, 0.2) is 0 Å². The number of nitrogens with one attached hydrogen (secondary N) is 1. The number of carbonyl (C=O) groups is 2. The summed E-state index contributed by atoms with van der Waals surface area (Å²) in [7, 11) is 0. The second-order valence-corrected chi connectivity index (χ2v) is 3.75. The zero-order valence-electron chi connectivity index (χ0n) is 9.60. The van der Waals surface area contributed by atoms with Gasteiger partial charge in [-0.2, -0.15) is 0 Å². The van der Waals surface area contributed by atoms with Crippen LogP contribution in [0.5, 0.6) is 5.75 Å². The molecule has 2 amide bonds. The second-order valence-electron chi connectivity index (χ2n) is 3.75. The molecule has 1 aromatic carbocycles. The SMILES string of the molecule is CCOc1ccc(N2CC(=O)NC(=O)C2)cc1. The van der Waals surface area contributed by atoms with Crippen LogP contribution in [-0.4, -0.2) is 31.5 Å². The summed E-state index contributed by atoms with van der Waals surface area (Å²) in [4.78, 5) is 24.2. The summed E-state index contributed by atoms with van der Waals surface area (Å²) < 4.78 is 5.33. The van der Waals surface area contributed by atoms with Crippen molar-refractivity contribution in [3.63, 3.8) is 0 Å². The lowest BCUT2D eigenvalue weighted by molar-refractivity contribution is -0.130. The molecule has 17 heavy (non-hydrogen) atoms. The third-order valence-corrected chi connectivity index (χ3v) is 2.46. The summed E-state index contributed by atoms with van der Waals surface area (Å²) >= 11 is 0. The van der Waals surface area contributed by atoms with Crippen LogP contribution in [0.4, 0.5) is 5.69 Å². The summed E-state index contributed by atoms with van der Waals surface area (Å²) in [5, 5.41) is 2.27. The first-order chi connectivity index (χ1) is 8.19. The molecule has 0 bridgehead atoms. The average molecular weight is 234 g/mol. The highest BCUT2D eigenvalue weighted by Crippen LogP contribution is 2.19. The van der Waals surface area contributed by atoms with Gasteiger partial charge in [-0.1, -0.05) is 0 Å². The van der Waals surface area contributed by atoms with Crippen LogP contribution in [0.25, 0.3) is 0 Å². The van der Waals surface area contributed by atoms with Gasteiger partial charge in [-0.15, -0.1) is 0 Å². The molecule has 0 aliphatic carbocycles. The minimum Gasteiger partial charge on any atom is -0.494 e. The van der Waals surface area contributed by atoms with E-state index in [9.17, 15) is 9.59 Å². The molecule has 90 valence electrons. The molecule has 1 fully saturated rings. The van der Waals surface area contributed by atoms with Crippen LogP contribution >= 0.6 is 0 Å². The molecule has 5 nitrogen and oxygen atoms in total. The molecule has 1 aliphatic rings. The highest BCUT2D eigenvalue weighted by Gasteiger charge is 2.22. The van der Waals surface area contributed by atoms with Gasteiger partial charge in [-0.05, 0) is 31.2 Å². The fourth-order valence-electron chi connectivity index (χ4n) is 1.74. The van der Waals surface area contributed by atoms with Crippen LogP contribution in [0.3, 0.4) is 0 Å². The molecule has 1 heterocycles. The average Bonchev–Trinajstić information content (AvgIpc) is 2.29. The molecular formula is C12H14N2O3. The minimum absolute atomic E-state index is 0.208. The molecule has 0 atom stereocenters. The first-order valence-corrected chi connectivity index (χ1v) is 5.49. The van der Waals surface area contributed by atoms with Gasteiger partial charge in [0.05, 0.1) is 19.7 Å². The highest BCUT2D eigenvalue weighted by atomic mass is 16.5. The monoisotopic (exact) mass is 234 g/mol. The Hall–Kier alpha value is -2.04. The van der Waals surface area contributed by atoms with Gasteiger partial charge in [-0.25, -0.2) is 0 Å². The number of imide groups is 1. The minimum atomic E-state index is -0.268. The van der Waals surface area contributed by atoms with Crippen molar-refractivity contribution >= 4 is 17.5 Å². The van der Waals surface area contributed by atoms with Crippen LogP contribution in [0, 0.1) is 0 Å². The van der Waals surface area contributed by atoms with Crippen LogP contribution in [0.2, 0.25) is 0 Å². The van der Waals surface area contributed by atoms with E-state index in [0.717, 1.165) is 11.4 Å². The number of anilines is 1. The van der Waals surface area contributed by atoms with E-state index in [1.165, 1.54) is 0 Å². The van der Waals surface area contributed by atoms with Gasteiger partial charge in [0.2, 0.25) is 11.8 Å². The maximum Gasteiger partial charge on any atom is 0.246 e. The Morgan fingerprint density at radius 3 is 2.29 bits per heavy atom. The molecule has 1 aliphatic heterocycles. The Bertz CT molecular complexity index is 412. The van der Waals surface area contributed by atoms with E-state index in [1.54, 1.807) is 4.90 Å². The van der Waals surface area contributed by atoms with E-state index in [-0.39, 0.29) is 24.9 Å². The van der Waals surface area contributed by atoms with Crippen molar-refractivity contribution in [1.29, 1.82) is 0 Å².